The monoisotopic (exact) mass is 488 g/mol. The number of hydrogen-bond donors (Lipinski definition) is 2. The number of hydrogen-bond acceptors (Lipinski definition) is 4. The van der Waals surface area contributed by atoms with Gasteiger partial charge in [0, 0.05) is 50.9 Å². The van der Waals surface area contributed by atoms with E-state index in [1.807, 2.05) is 25.2 Å². The van der Waals surface area contributed by atoms with Crippen molar-refractivity contribution in [1.82, 2.24) is 15.5 Å². The molecular formula is C20H33IN4O2. The van der Waals surface area contributed by atoms with Crippen molar-refractivity contribution in [1.29, 1.82) is 0 Å². The Morgan fingerprint density at radius 3 is 2.52 bits per heavy atom. The van der Waals surface area contributed by atoms with Gasteiger partial charge in [-0.25, -0.2) is 0 Å². The van der Waals surface area contributed by atoms with Crippen molar-refractivity contribution in [2.75, 3.05) is 40.9 Å². The van der Waals surface area contributed by atoms with Crippen molar-refractivity contribution < 1.29 is 9.47 Å². The van der Waals surface area contributed by atoms with Gasteiger partial charge < -0.3 is 20.1 Å². The maximum atomic E-state index is 5.46. The Kier molecular flexibility index (Phi) is 8.95. The highest BCUT2D eigenvalue weighted by Crippen LogP contribution is 2.34. The first kappa shape index (κ1) is 22.1. The van der Waals surface area contributed by atoms with Crippen molar-refractivity contribution >= 4 is 29.9 Å². The highest BCUT2D eigenvalue weighted by molar-refractivity contribution is 14.0. The molecule has 2 fully saturated rings. The first-order valence-corrected chi connectivity index (χ1v) is 9.63. The van der Waals surface area contributed by atoms with Crippen molar-refractivity contribution in [3.8, 4) is 11.5 Å². The lowest BCUT2D eigenvalue weighted by Gasteiger charge is -2.22. The van der Waals surface area contributed by atoms with Gasteiger partial charge in [-0.3, -0.25) is 9.89 Å². The summed E-state index contributed by atoms with van der Waals surface area (Å²) >= 11 is 0. The number of ether oxygens (including phenoxy) is 2. The molecule has 152 valence electrons. The predicted molar refractivity (Wildman–Crippen MR) is 120 cm³/mol. The summed E-state index contributed by atoms with van der Waals surface area (Å²) in [6.07, 6.45) is 5.58. The summed E-state index contributed by atoms with van der Waals surface area (Å²) < 4.78 is 10.7. The Labute approximate surface area is 180 Å². The number of rotatable bonds is 10. The van der Waals surface area contributed by atoms with Crippen LogP contribution >= 0.6 is 24.0 Å². The number of methoxy groups -OCH3 is 2. The van der Waals surface area contributed by atoms with Crippen LogP contribution in [0, 0.1) is 5.92 Å². The van der Waals surface area contributed by atoms with E-state index in [1.165, 1.54) is 32.2 Å². The fourth-order valence-electron chi connectivity index (χ4n) is 3.21. The van der Waals surface area contributed by atoms with Crippen LogP contribution in [0.2, 0.25) is 0 Å². The molecule has 0 spiro atoms. The van der Waals surface area contributed by atoms with E-state index in [0.29, 0.717) is 6.54 Å². The predicted octanol–water partition coefficient (Wildman–Crippen LogP) is 2.86. The standard InChI is InChI=1S/C20H32N4O2.HI/c1-21-20(22-10-11-24(17-7-8-17)14-15-4-5-15)23-13-16-6-9-18(25-2)12-19(16)26-3;/h6,9,12,15,17H,4-5,7-8,10-11,13-14H2,1-3H3,(H2,21,22,23);1H. The number of halogens is 1. The Bertz CT molecular complexity index is 618. The molecule has 27 heavy (non-hydrogen) atoms. The second kappa shape index (κ2) is 10.9. The molecule has 0 aromatic heterocycles. The van der Waals surface area contributed by atoms with E-state index in [4.69, 9.17) is 9.47 Å². The van der Waals surface area contributed by atoms with Crippen LogP contribution in [0.25, 0.3) is 0 Å². The molecule has 2 aliphatic carbocycles. The van der Waals surface area contributed by atoms with Gasteiger partial charge in [0.2, 0.25) is 0 Å². The first-order chi connectivity index (χ1) is 12.7. The summed E-state index contributed by atoms with van der Waals surface area (Å²) in [5, 5.41) is 6.81. The molecule has 0 heterocycles. The lowest BCUT2D eigenvalue weighted by atomic mass is 10.2. The molecule has 0 aliphatic heterocycles. The van der Waals surface area contributed by atoms with Crippen LogP contribution in [0.4, 0.5) is 0 Å². The largest absolute Gasteiger partial charge is 0.497 e. The molecule has 3 rings (SSSR count). The minimum Gasteiger partial charge on any atom is -0.497 e. The second-order valence-electron chi connectivity index (χ2n) is 7.20. The number of guanidine groups is 1. The third kappa shape index (κ3) is 7.03. The molecule has 0 bridgehead atoms. The molecule has 2 saturated carbocycles. The van der Waals surface area contributed by atoms with Gasteiger partial charge in [0.05, 0.1) is 14.2 Å². The van der Waals surface area contributed by atoms with E-state index >= 15 is 0 Å². The maximum absolute atomic E-state index is 5.46. The van der Waals surface area contributed by atoms with E-state index < -0.39 is 0 Å². The van der Waals surface area contributed by atoms with Gasteiger partial charge >= 0.3 is 0 Å². The second-order valence-corrected chi connectivity index (χ2v) is 7.20. The SMILES string of the molecule is CN=C(NCCN(CC1CC1)C1CC1)NCc1ccc(OC)cc1OC.I. The van der Waals surface area contributed by atoms with E-state index in [-0.39, 0.29) is 24.0 Å². The molecule has 6 nitrogen and oxygen atoms in total. The van der Waals surface area contributed by atoms with Crippen LogP contribution in [0.3, 0.4) is 0 Å². The van der Waals surface area contributed by atoms with Crippen LogP contribution in [0.15, 0.2) is 23.2 Å². The Balaban J connectivity index is 0.00000261. The van der Waals surface area contributed by atoms with Gasteiger partial charge in [-0.1, -0.05) is 0 Å². The van der Waals surface area contributed by atoms with E-state index in [9.17, 15) is 0 Å². The van der Waals surface area contributed by atoms with Gasteiger partial charge in [0.25, 0.3) is 0 Å². The maximum Gasteiger partial charge on any atom is 0.191 e. The van der Waals surface area contributed by atoms with Crippen molar-refractivity contribution in [3.63, 3.8) is 0 Å². The molecule has 0 radical (unpaired) electrons. The Morgan fingerprint density at radius 1 is 1.15 bits per heavy atom. The summed E-state index contributed by atoms with van der Waals surface area (Å²) in [5.74, 6) is 3.39. The highest BCUT2D eigenvalue weighted by Gasteiger charge is 2.33. The van der Waals surface area contributed by atoms with Gasteiger partial charge in [-0.15, -0.1) is 24.0 Å². The topological polar surface area (TPSA) is 58.1 Å². The minimum absolute atomic E-state index is 0. The quantitative estimate of drug-likeness (QED) is 0.302. The van der Waals surface area contributed by atoms with E-state index in [2.05, 4.69) is 20.5 Å². The number of aliphatic imine (C=N–C) groups is 1. The molecule has 0 unspecified atom stereocenters. The fraction of sp³-hybridized carbons (Fsp3) is 0.650. The zero-order valence-corrected chi connectivity index (χ0v) is 19.0. The average Bonchev–Trinajstić information content (AvgIpc) is 3.56. The van der Waals surface area contributed by atoms with Crippen LogP contribution < -0.4 is 20.1 Å². The molecular weight excluding hydrogens is 455 g/mol. The van der Waals surface area contributed by atoms with Crippen LogP contribution in [0.1, 0.15) is 31.2 Å². The van der Waals surface area contributed by atoms with Gasteiger partial charge in [0.1, 0.15) is 11.5 Å². The summed E-state index contributed by atoms with van der Waals surface area (Å²) in [6.45, 7) is 3.94. The summed E-state index contributed by atoms with van der Waals surface area (Å²) in [6, 6.07) is 6.69. The van der Waals surface area contributed by atoms with Gasteiger partial charge in [-0.2, -0.15) is 0 Å². The molecule has 0 atom stereocenters. The summed E-state index contributed by atoms with van der Waals surface area (Å²) in [5.41, 5.74) is 1.07. The average molecular weight is 488 g/mol. The number of nitrogens with one attached hydrogen (secondary N) is 2. The van der Waals surface area contributed by atoms with E-state index in [0.717, 1.165) is 48.1 Å². The molecule has 1 aromatic rings. The third-order valence-corrected chi connectivity index (χ3v) is 5.11. The number of benzene rings is 1. The molecule has 7 heteroatoms. The normalized spacial score (nSPS) is 16.7. The van der Waals surface area contributed by atoms with Gasteiger partial charge in [0.15, 0.2) is 5.96 Å². The Hall–Kier alpha value is -1.22. The van der Waals surface area contributed by atoms with Crippen LogP contribution in [-0.4, -0.2) is 57.8 Å². The molecule has 1 aromatic carbocycles. The molecule has 0 amide bonds. The van der Waals surface area contributed by atoms with E-state index in [1.54, 1.807) is 14.2 Å². The fourth-order valence-corrected chi connectivity index (χ4v) is 3.21. The lowest BCUT2D eigenvalue weighted by molar-refractivity contribution is 0.256. The summed E-state index contributed by atoms with van der Waals surface area (Å²) in [7, 11) is 5.15. The zero-order valence-electron chi connectivity index (χ0n) is 16.7. The minimum atomic E-state index is 0. The summed E-state index contributed by atoms with van der Waals surface area (Å²) in [4.78, 5) is 6.99. The van der Waals surface area contributed by atoms with Crippen molar-refractivity contribution in [2.45, 2.75) is 38.3 Å². The van der Waals surface area contributed by atoms with Crippen molar-refractivity contribution in [2.24, 2.45) is 10.9 Å². The zero-order chi connectivity index (χ0) is 18.4. The molecule has 2 N–H and O–H groups in total. The van der Waals surface area contributed by atoms with Crippen LogP contribution in [-0.2, 0) is 6.54 Å². The van der Waals surface area contributed by atoms with Crippen molar-refractivity contribution in [3.05, 3.63) is 23.8 Å². The number of nitrogens with zero attached hydrogens (tertiary/aromatic N) is 2. The molecule has 2 aliphatic rings. The first-order valence-electron chi connectivity index (χ1n) is 9.63. The lowest BCUT2D eigenvalue weighted by Crippen LogP contribution is -2.42. The smallest absolute Gasteiger partial charge is 0.191 e. The Morgan fingerprint density at radius 2 is 1.93 bits per heavy atom. The van der Waals surface area contributed by atoms with Gasteiger partial charge in [-0.05, 0) is 43.7 Å². The molecule has 0 saturated heterocycles. The van der Waals surface area contributed by atoms with Crippen LogP contribution in [0.5, 0.6) is 11.5 Å². The third-order valence-electron chi connectivity index (χ3n) is 5.11. The highest BCUT2D eigenvalue weighted by atomic mass is 127.